The molecular weight excluding hydrogens is 414 g/mol. The zero-order valence-electron chi connectivity index (χ0n) is 16.6. The molecule has 0 heterocycles. The van der Waals surface area contributed by atoms with Crippen molar-refractivity contribution < 1.29 is 33.3 Å². The van der Waals surface area contributed by atoms with Crippen molar-refractivity contribution in [1.82, 2.24) is 0 Å². The molecule has 1 N–H and O–H groups in total. The quantitative estimate of drug-likeness (QED) is 0.503. The number of esters is 2. The summed E-state index contributed by atoms with van der Waals surface area (Å²) in [6.07, 6.45) is 2.67. The molecule has 0 saturated heterocycles. The van der Waals surface area contributed by atoms with E-state index in [1.165, 1.54) is 45.6 Å². The monoisotopic (exact) mass is 433 g/mol. The Morgan fingerprint density at radius 1 is 1.00 bits per heavy atom. The van der Waals surface area contributed by atoms with E-state index in [1.807, 2.05) is 0 Å². The number of ether oxygens (including phenoxy) is 4. The Morgan fingerprint density at radius 3 is 2.27 bits per heavy atom. The number of methoxy groups -OCH3 is 3. The molecular formula is C21H20ClNO7. The molecule has 0 aliphatic heterocycles. The van der Waals surface area contributed by atoms with Gasteiger partial charge in [0, 0.05) is 12.1 Å². The van der Waals surface area contributed by atoms with E-state index in [4.69, 9.17) is 25.8 Å². The molecule has 2 rings (SSSR count). The molecule has 0 bridgehead atoms. The van der Waals surface area contributed by atoms with Gasteiger partial charge in [0.25, 0.3) is 5.91 Å². The number of nitrogens with one attached hydrogen (secondary N) is 1. The van der Waals surface area contributed by atoms with Gasteiger partial charge in [-0.3, -0.25) is 4.79 Å². The fourth-order valence-electron chi connectivity index (χ4n) is 2.34. The number of benzene rings is 2. The SMILES string of the molecule is COC(=O)c1ccc(/C=C/C(=O)OCC(=O)Nc2cc(Cl)c(OC)cc2OC)cc1. The van der Waals surface area contributed by atoms with E-state index in [2.05, 4.69) is 10.1 Å². The molecule has 9 heteroatoms. The first-order chi connectivity index (χ1) is 14.4. The van der Waals surface area contributed by atoms with Crippen LogP contribution in [0.2, 0.25) is 5.02 Å². The molecule has 2 aromatic carbocycles. The van der Waals surface area contributed by atoms with E-state index in [9.17, 15) is 14.4 Å². The summed E-state index contributed by atoms with van der Waals surface area (Å²) < 4.78 is 19.8. The Kier molecular flexibility index (Phi) is 8.25. The summed E-state index contributed by atoms with van der Waals surface area (Å²) in [6, 6.07) is 9.41. The van der Waals surface area contributed by atoms with Gasteiger partial charge in [-0.05, 0) is 29.8 Å². The summed E-state index contributed by atoms with van der Waals surface area (Å²) in [5, 5.41) is 2.84. The molecule has 1 amide bonds. The van der Waals surface area contributed by atoms with Crippen LogP contribution in [0.1, 0.15) is 15.9 Å². The molecule has 0 aliphatic carbocycles. The average molecular weight is 434 g/mol. The minimum Gasteiger partial charge on any atom is -0.495 e. The number of amides is 1. The van der Waals surface area contributed by atoms with Crippen molar-refractivity contribution in [1.29, 1.82) is 0 Å². The highest BCUT2D eigenvalue weighted by molar-refractivity contribution is 6.32. The average Bonchev–Trinajstić information content (AvgIpc) is 2.76. The maximum absolute atomic E-state index is 12.1. The number of anilines is 1. The highest BCUT2D eigenvalue weighted by atomic mass is 35.5. The van der Waals surface area contributed by atoms with Crippen molar-refractivity contribution in [2.45, 2.75) is 0 Å². The van der Waals surface area contributed by atoms with Crippen LogP contribution in [-0.4, -0.2) is 45.8 Å². The lowest BCUT2D eigenvalue weighted by atomic mass is 10.1. The van der Waals surface area contributed by atoms with E-state index in [0.29, 0.717) is 28.3 Å². The summed E-state index contributed by atoms with van der Waals surface area (Å²) >= 11 is 6.05. The topological polar surface area (TPSA) is 100 Å². The molecule has 0 saturated carbocycles. The lowest BCUT2D eigenvalue weighted by Crippen LogP contribution is -2.20. The number of hydrogen-bond donors (Lipinski definition) is 1. The van der Waals surface area contributed by atoms with E-state index in [-0.39, 0.29) is 5.02 Å². The van der Waals surface area contributed by atoms with Crippen LogP contribution in [0.5, 0.6) is 11.5 Å². The number of hydrogen-bond acceptors (Lipinski definition) is 7. The molecule has 30 heavy (non-hydrogen) atoms. The predicted octanol–water partition coefficient (Wildman–Crippen LogP) is 3.34. The van der Waals surface area contributed by atoms with Gasteiger partial charge in [0.15, 0.2) is 6.61 Å². The molecule has 0 radical (unpaired) electrons. The van der Waals surface area contributed by atoms with Crippen LogP contribution in [0.15, 0.2) is 42.5 Å². The van der Waals surface area contributed by atoms with Crippen molar-refractivity contribution in [2.24, 2.45) is 0 Å². The predicted molar refractivity (Wildman–Crippen MR) is 111 cm³/mol. The molecule has 0 spiro atoms. The Morgan fingerprint density at radius 2 is 1.67 bits per heavy atom. The summed E-state index contributed by atoms with van der Waals surface area (Å²) in [5.74, 6) is -1.000. The second-order valence-electron chi connectivity index (χ2n) is 5.79. The Labute approximate surface area is 178 Å². The van der Waals surface area contributed by atoms with Gasteiger partial charge < -0.3 is 24.3 Å². The van der Waals surface area contributed by atoms with Crippen LogP contribution in [-0.2, 0) is 19.1 Å². The summed E-state index contributed by atoms with van der Waals surface area (Å²) in [5.41, 5.74) is 1.37. The zero-order valence-corrected chi connectivity index (χ0v) is 17.3. The van der Waals surface area contributed by atoms with Crippen molar-refractivity contribution in [3.8, 4) is 11.5 Å². The summed E-state index contributed by atoms with van der Waals surface area (Å²) in [6.45, 7) is -0.503. The molecule has 8 nitrogen and oxygen atoms in total. The third kappa shape index (κ3) is 6.25. The lowest BCUT2D eigenvalue weighted by molar-refractivity contribution is -0.142. The lowest BCUT2D eigenvalue weighted by Gasteiger charge is -2.13. The number of carbonyl (C=O) groups is 3. The largest absolute Gasteiger partial charge is 0.495 e. The third-order valence-electron chi connectivity index (χ3n) is 3.84. The van der Waals surface area contributed by atoms with Crippen LogP contribution < -0.4 is 14.8 Å². The number of halogens is 1. The van der Waals surface area contributed by atoms with Gasteiger partial charge in [-0.25, -0.2) is 9.59 Å². The van der Waals surface area contributed by atoms with Crippen LogP contribution in [0.25, 0.3) is 6.08 Å². The number of carbonyl (C=O) groups excluding carboxylic acids is 3. The third-order valence-corrected chi connectivity index (χ3v) is 4.13. The molecule has 0 atom stereocenters. The van der Waals surface area contributed by atoms with Gasteiger partial charge in [-0.15, -0.1) is 0 Å². The fourth-order valence-corrected chi connectivity index (χ4v) is 2.58. The molecule has 0 unspecified atom stereocenters. The van der Waals surface area contributed by atoms with Crippen LogP contribution in [0.3, 0.4) is 0 Å². The normalized spacial score (nSPS) is 10.4. The standard InChI is InChI=1S/C21H20ClNO7/c1-27-17-11-18(28-2)16(10-15(17)22)23-19(24)12-30-20(25)9-6-13-4-7-14(8-5-13)21(26)29-3/h4-11H,12H2,1-3H3,(H,23,24)/b9-6+. The smallest absolute Gasteiger partial charge is 0.337 e. The van der Waals surface area contributed by atoms with E-state index >= 15 is 0 Å². The van der Waals surface area contributed by atoms with Crippen LogP contribution >= 0.6 is 11.6 Å². The fraction of sp³-hybridized carbons (Fsp3) is 0.190. The summed E-state index contributed by atoms with van der Waals surface area (Å²) in [4.78, 5) is 35.3. The minimum absolute atomic E-state index is 0.284. The van der Waals surface area contributed by atoms with Gasteiger partial charge in [0.2, 0.25) is 0 Å². The highest BCUT2D eigenvalue weighted by Gasteiger charge is 2.13. The summed E-state index contributed by atoms with van der Waals surface area (Å²) in [7, 11) is 4.18. The van der Waals surface area contributed by atoms with Crippen molar-refractivity contribution in [2.75, 3.05) is 33.3 Å². The second-order valence-corrected chi connectivity index (χ2v) is 6.20. The maximum Gasteiger partial charge on any atom is 0.337 e. The van der Waals surface area contributed by atoms with Crippen LogP contribution in [0, 0.1) is 0 Å². The van der Waals surface area contributed by atoms with Crippen LogP contribution in [0.4, 0.5) is 5.69 Å². The molecule has 0 aliphatic rings. The number of rotatable bonds is 8. The van der Waals surface area contributed by atoms with Gasteiger partial charge in [0.05, 0.1) is 37.6 Å². The van der Waals surface area contributed by atoms with Gasteiger partial charge in [-0.1, -0.05) is 23.7 Å². The van der Waals surface area contributed by atoms with E-state index in [1.54, 1.807) is 24.3 Å². The van der Waals surface area contributed by atoms with Gasteiger partial charge in [0.1, 0.15) is 11.5 Å². The first kappa shape index (κ1) is 22.8. The second kappa shape index (κ2) is 10.9. The van der Waals surface area contributed by atoms with Gasteiger partial charge in [-0.2, -0.15) is 0 Å². The van der Waals surface area contributed by atoms with Crippen molar-refractivity contribution >= 4 is 41.2 Å². The van der Waals surface area contributed by atoms with Crippen molar-refractivity contribution in [3.63, 3.8) is 0 Å². The Hall–Kier alpha value is -3.52. The molecule has 2 aromatic rings. The molecule has 158 valence electrons. The van der Waals surface area contributed by atoms with E-state index in [0.717, 1.165) is 0 Å². The zero-order chi connectivity index (χ0) is 22.1. The van der Waals surface area contributed by atoms with Crippen molar-refractivity contribution in [3.05, 3.63) is 58.6 Å². The molecule has 0 fully saturated rings. The first-order valence-electron chi connectivity index (χ1n) is 8.62. The first-order valence-corrected chi connectivity index (χ1v) is 9.00. The van der Waals surface area contributed by atoms with E-state index < -0.39 is 24.5 Å². The van der Waals surface area contributed by atoms with Gasteiger partial charge >= 0.3 is 11.9 Å². The molecule has 0 aromatic heterocycles. The minimum atomic E-state index is -0.707. The maximum atomic E-state index is 12.1. The Bertz CT molecular complexity index is 955. The highest BCUT2D eigenvalue weighted by Crippen LogP contribution is 2.35. The Balaban J connectivity index is 1.90.